The Bertz CT molecular complexity index is 967. The van der Waals surface area contributed by atoms with Crippen molar-refractivity contribution in [2.75, 3.05) is 24.5 Å². The van der Waals surface area contributed by atoms with E-state index in [2.05, 4.69) is 15.2 Å². The summed E-state index contributed by atoms with van der Waals surface area (Å²) in [6.45, 7) is 4.01. The van der Waals surface area contributed by atoms with Crippen molar-refractivity contribution in [2.24, 2.45) is 0 Å². The van der Waals surface area contributed by atoms with Crippen LogP contribution < -0.4 is 10.5 Å². The molecule has 1 saturated heterocycles. The van der Waals surface area contributed by atoms with Gasteiger partial charge < -0.3 is 4.90 Å². The fourth-order valence-corrected chi connectivity index (χ4v) is 3.87. The van der Waals surface area contributed by atoms with E-state index in [4.69, 9.17) is 0 Å². The van der Waals surface area contributed by atoms with Gasteiger partial charge in [-0.25, -0.2) is 5.10 Å². The minimum Gasteiger partial charge on any atom is -0.364 e. The number of aryl methyl sites for hydroxylation is 1. The number of nitriles is 1. The van der Waals surface area contributed by atoms with E-state index in [-0.39, 0.29) is 36.8 Å². The standard InChI is InChI=1S/C19H21F3N6O/c1-3-15-13(5-4-6-24-15)17(19(20,21)22)27-7-8-28(12(2)11-27)16-10-25-26-18(29)14(16)9-23/h4-6,10,12,17H,3,7-8,11H2,1-2H3,(H,26,29)/t12-,17+/m1/s1. The molecule has 1 aliphatic heterocycles. The molecule has 0 amide bonds. The Hall–Kier alpha value is -2.93. The lowest BCUT2D eigenvalue weighted by atomic mass is 9.99. The Labute approximate surface area is 165 Å². The van der Waals surface area contributed by atoms with Crippen LogP contribution in [0.2, 0.25) is 0 Å². The van der Waals surface area contributed by atoms with Gasteiger partial charge in [-0.3, -0.25) is 14.7 Å². The van der Waals surface area contributed by atoms with Gasteiger partial charge in [0, 0.05) is 37.6 Å². The molecule has 2 aromatic heterocycles. The summed E-state index contributed by atoms with van der Waals surface area (Å²) in [5, 5.41) is 15.2. The molecular formula is C19H21F3N6O. The summed E-state index contributed by atoms with van der Waals surface area (Å²) in [4.78, 5) is 19.1. The Morgan fingerprint density at radius 1 is 1.41 bits per heavy atom. The Morgan fingerprint density at radius 3 is 2.79 bits per heavy atom. The highest BCUT2D eigenvalue weighted by Crippen LogP contribution is 2.40. The maximum Gasteiger partial charge on any atom is 0.408 e. The zero-order valence-electron chi connectivity index (χ0n) is 16.1. The molecule has 7 nitrogen and oxygen atoms in total. The van der Waals surface area contributed by atoms with Crippen molar-refractivity contribution in [3.63, 3.8) is 0 Å². The Morgan fingerprint density at radius 2 is 2.17 bits per heavy atom. The van der Waals surface area contributed by atoms with Crippen LogP contribution in [0.15, 0.2) is 29.3 Å². The molecule has 1 N–H and O–H groups in total. The highest BCUT2D eigenvalue weighted by molar-refractivity contribution is 5.57. The summed E-state index contributed by atoms with van der Waals surface area (Å²) in [6, 6.07) is 2.74. The number of nitrogens with one attached hydrogen (secondary N) is 1. The molecular weight excluding hydrogens is 385 g/mol. The normalized spacial score (nSPS) is 19.0. The van der Waals surface area contributed by atoms with E-state index < -0.39 is 17.8 Å². The van der Waals surface area contributed by atoms with Crippen LogP contribution in [0.25, 0.3) is 0 Å². The molecule has 2 aromatic rings. The van der Waals surface area contributed by atoms with E-state index in [1.165, 1.54) is 29.4 Å². The number of anilines is 1. The van der Waals surface area contributed by atoms with Crippen molar-refractivity contribution in [3.05, 3.63) is 51.7 Å². The van der Waals surface area contributed by atoms with Crippen molar-refractivity contribution >= 4 is 5.69 Å². The smallest absolute Gasteiger partial charge is 0.364 e. The first-order valence-corrected chi connectivity index (χ1v) is 9.26. The molecule has 154 valence electrons. The Kier molecular flexibility index (Phi) is 5.88. The molecule has 10 heteroatoms. The first-order chi connectivity index (χ1) is 13.8. The van der Waals surface area contributed by atoms with Gasteiger partial charge in [-0.1, -0.05) is 13.0 Å². The third kappa shape index (κ3) is 4.10. The van der Waals surface area contributed by atoms with Gasteiger partial charge in [-0.15, -0.1) is 0 Å². The molecule has 1 fully saturated rings. The highest BCUT2D eigenvalue weighted by Gasteiger charge is 2.47. The number of aromatic nitrogens is 3. The van der Waals surface area contributed by atoms with E-state index in [0.29, 0.717) is 17.8 Å². The second-order valence-electron chi connectivity index (χ2n) is 6.95. The predicted molar refractivity (Wildman–Crippen MR) is 100 cm³/mol. The van der Waals surface area contributed by atoms with Gasteiger partial charge in [0.05, 0.1) is 11.9 Å². The molecule has 0 saturated carbocycles. The van der Waals surface area contributed by atoms with E-state index in [1.807, 2.05) is 6.07 Å². The van der Waals surface area contributed by atoms with Gasteiger partial charge in [-0.05, 0) is 25.0 Å². The van der Waals surface area contributed by atoms with Crippen LogP contribution in [-0.2, 0) is 6.42 Å². The lowest BCUT2D eigenvalue weighted by molar-refractivity contribution is -0.188. The van der Waals surface area contributed by atoms with Gasteiger partial charge in [0.2, 0.25) is 0 Å². The summed E-state index contributed by atoms with van der Waals surface area (Å²) in [6.07, 6.45) is -1.19. The number of halogens is 3. The Balaban J connectivity index is 1.92. The van der Waals surface area contributed by atoms with Crippen LogP contribution in [0.1, 0.15) is 36.7 Å². The lowest BCUT2D eigenvalue weighted by Gasteiger charge is -2.44. The van der Waals surface area contributed by atoms with Crippen molar-refractivity contribution < 1.29 is 13.2 Å². The largest absolute Gasteiger partial charge is 0.408 e. The zero-order chi connectivity index (χ0) is 21.2. The molecule has 29 heavy (non-hydrogen) atoms. The van der Waals surface area contributed by atoms with E-state index >= 15 is 0 Å². The van der Waals surface area contributed by atoms with Gasteiger partial charge in [-0.2, -0.15) is 23.5 Å². The van der Waals surface area contributed by atoms with Gasteiger partial charge in [0.15, 0.2) is 0 Å². The second-order valence-corrected chi connectivity index (χ2v) is 6.95. The fraction of sp³-hybridized carbons (Fsp3) is 0.474. The minimum atomic E-state index is -4.46. The first kappa shape index (κ1) is 20.8. The van der Waals surface area contributed by atoms with Crippen molar-refractivity contribution in [1.29, 1.82) is 5.26 Å². The summed E-state index contributed by atoms with van der Waals surface area (Å²) < 4.78 is 42.1. The molecule has 3 rings (SSSR count). The maximum absolute atomic E-state index is 14.0. The molecule has 0 bridgehead atoms. The quantitative estimate of drug-likeness (QED) is 0.839. The average molecular weight is 406 g/mol. The van der Waals surface area contributed by atoms with Crippen LogP contribution in [0.4, 0.5) is 18.9 Å². The second kappa shape index (κ2) is 8.21. The van der Waals surface area contributed by atoms with E-state index in [0.717, 1.165) is 0 Å². The predicted octanol–water partition coefficient (Wildman–Crippen LogP) is 2.41. The summed E-state index contributed by atoms with van der Waals surface area (Å²) in [5.74, 6) is 0. The molecule has 0 radical (unpaired) electrons. The zero-order valence-corrected chi connectivity index (χ0v) is 16.1. The lowest BCUT2D eigenvalue weighted by Crippen LogP contribution is -2.55. The summed E-state index contributed by atoms with van der Waals surface area (Å²) in [5.41, 5.74) is 0.223. The molecule has 1 aliphatic rings. The number of rotatable bonds is 4. The van der Waals surface area contributed by atoms with Crippen molar-refractivity contribution in [3.8, 4) is 6.07 Å². The topological polar surface area (TPSA) is 88.9 Å². The summed E-state index contributed by atoms with van der Waals surface area (Å²) >= 11 is 0. The monoisotopic (exact) mass is 406 g/mol. The fourth-order valence-electron chi connectivity index (χ4n) is 3.87. The third-order valence-corrected chi connectivity index (χ3v) is 5.15. The molecule has 3 heterocycles. The average Bonchev–Trinajstić information content (AvgIpc) is 2.67. The number of nitrogens with zero attached hydrogens (tertiary/aromatic N) is 5. The van der Waals surface area contributed by atoms with Crippen LogP contribution in [-0.4, -0.2) is 51.9 Å². The van der Waals surface area contributed by atoms with E-state index in [9.17, 15) is 23.2 Å². The number of piperazine rings is 1. The SMILES string of the molecule is CCc1ncccc1[C@H](N1CCN(c2cn[nH]c(=O)c2C#N)[C@H](C)C1)C(F)(F)F. The van der Waals surface area contributed by atoms with Gasteiger partial charge in [0.1, 0.15) is 17.7 Å². The molecule has 2 atom stereocenters. The van der Waals surface area contributed by atoms with Gasteiger partial charge in [0.25, 0.3) is 5.56 Å². The number of alkyl halides is 3. The van der Waals surface area contributed by atoms with Crippen molar-refractivity contribution in [2.45, 2.75) is 38.5 Å². The maximum atomic E-state index is 14.0. The minimum absolute atomic E-state index is 0.0896. The number of aromatic amines is 1. The van der Waals surface area contributed by atoms with Crippen LogP contribution in [0, 0.1) is 11.3 Å². The number of hydrogen-bond donors (Lipinski definition) is 1. The highest BCUT2D eigenvalue weighted by atomic mass is 19.4. The molecule has 0 spiro atoms. The van der Waals surface area contributed by atoms with E-state index in [1.54, 1.807) is 18.7 Å². The number of H-pyrrole nitrogens is 1. The van der Waals surface area contributed by atoms with Crippen LogP contribution in [0.5, 0.6) is 0 Å². The number of hydrogen-bond acceptors (Lipinski definition) is 6. The molecule has 0 unspecified atom stereocenters. The summed E-state index contributed by atoms with van der Waals surface area (Å²) in [7, 11) is 0. The first-order valence-electron chi connectivity index (χ1n) is 9.26. The number of pyridine rings is 1. The van der Waals surface area contributed by atoms with Crippen LogP contribution >= 0.6 is 0 Å². The third-order valence-electron chi connectivity index (χ3n) is 5.15. The molecule has 0 aromatic carbocycles. The molecule has 0 aliphatic carbocycles. The van der Waals surface area contributed by atoms with Gasteiger partial charge >= 0.3 is 6.18 Å². The van der Waals surface area contributed by atoms with Crippen molar-refractivity contribution in [1.82, 2.24) is 20.1 Å². The van der Waals surface area contributed by atoms with Crippen LogP contribution in [0.3, 0.4) is 0 Å².